The number of hydrogen-bond acceptors (Lipinski definition) is 5. The number of aromatic nitrogens is 1. The number of halogens is 3. The van der Waals surface area contributed by atoms with Gasteiger partial charge in [0.2, 0.25) is 5.43 Å². The summed E-state index contributed by atoms with van der Waals surface area (Å²) in [6.45, 7) is 0.240. The summed E-state index contributed by atoms with van der Waals surface area (Å²) in [4.78, 5) is 39.2. The molecule has 2 aliphatic heterocycles. The third kappa shape index (κ3) is 3.42. The number of carbonyl (C=O) groups excluding carboxylic acids is 2. The molecule has 0 radical (unpaired) electrons. The second-order valence-electron chi connectivity index (χ2n) is 6.99. The molecule has 0 spiro atoms. The third-order valence-electron chi connectivity index (χ3n) is 5.12. The summed E-state index contributed by atoms with van der Waals surface area (Å²) in [5.41, 5.74) is -2.27. The van der Waals surface area contributed by atoms with Crippen LogP contribution in [-0.2, 0) is 6.54 Å². The Labute approximate surface area is 172 Å². The van der Waals surface area contributed by atoms with Crippen LogP contribution in [0.25, 0.3) is 0 Å². The van der Waals surface area contributed by atoms with Gasteiger partial charge in [-0.25, -0.2) is 13.2 Å². The molecule has 1 unspecified atom stereocenters. The van der Waals surface area contributed by atoms with Crippen molar-refractivity contribution >= 4 is 23.6 Å². The molecule has 3 heterocycles. The van der Waals surface area contributed by atoms with Crippen LogP contribution in [0.1, 0.15) is 32.5 Å². The summed E-state index contributed by atoms with van der Waals surface area (Å²) in [5, 5.41) is 12.6. The van der Waals surface area contributed by atoms with Gasteiger partial charge < -0.3 is 19.9 Å². The predicted molar refractivity (Wildman–Crippen MR) is 102 cm³/mol. The van der Waals surface area contributed by atoms with Crippen molar-refractivity contribution in [3.8, 4) is 5.75 Å². The molecule has 1 saturated heterocycles. The van der Waals surface area contributed by atoms with Crippen LogP contribution in [0.2, 0.25) is 0 Å². The van der Waals surface area contributed by atoms with E-state index in [4.69, 9.17) is 0 Å². The Balaban J connectivity index is 1.67. The van der Waals surface area contributed by atoms with Crippen molar-refractivity contribution in [1.82, 2.24) is 14.8 Å². The summed E-state index contributed by atoms with van der Waals surface area (Å²) < 4.78 is 42.0. The first-order valence-electron chi connectivity index (χ1n) is 9.04. The number of fused-ring (bicyclic) bond motifs is 4. The zero-order chi connectivity index (χ0) is 21.6. The lowest BCUT2D eigenvalue weighted by molar-refractivity contribution is 0.0685. The van der Waals surface area contributed by atoms with Gasteiger partial charge in [0.05, 0.1) is 6.04 Å². The average molecular weight is 439 g/mol. The molecule has 1 aromatic heterocycles. The highest BCUT2D eigenvalue weighted by atomic mass is 32.2. The molecule has 11 heteroatoms. The van der Waals surface area contributed by atoms with Crippen molar-refractivity contribution in [3.63, 3.8) is 0 Å². The van der Waals surface area contributed by atoms with Gasteiger partial charge in [0, 0.05) is 55.0 Å². The van der Waals surface area contributed by atoms with Crippen LogP contribution < -0.4 is 10.7 Å². The van der Waals surface area contributed by atoms with Crippen LogP contribution in [0.4, 0.5) is 13.2 Å². The summed E-state index contributed by atoms with van der Waals surface area (Å²) >= 11 is 1.60. The fourth-order valence-corrected chi connectivity index (χ4v) is 4.64. The Morgan fingerprint density at radius 1 is 1.23 bits per heavy atom. The lowest BCUT2D eigenvalue weighted by Gasteiger charge is -2.34. The minimum Gasteiger partial charge on any atom is -0.503 e. The summed E-state index contributed by atoms with van der Waals surface area (Å²) in [7, 11) is 0. The fraction of sp³-hybridized carbons (Fsp3) is 0.316. The lowest BCUT2D eigenvalue weighted by atomic mass is 10.1. The van der Waals surface area contributed by atoms with Crippen LogP contribution >= 0.6 is 11.8 Å². The van der Waals surface area contributed by atoms with E-state index in [2.05, 4.69) is 5.32 Å². The lowest BCUT2D eigenvalue weighted by Crippen LogP contribution is -2.45. The normalized spacial score (nSPS) is 18.0. The molecule has 0 saturated carbocycles. The van der Waals surface area contributed by atoms with E-state index in [-0.39, 0.29) is 11.7 Å². The zero-order valence-corrected chi connectivity index (χ0v) is 16.3. The van der Waals surface area contributed by atoms with Crippen LogP contribution in [-0.4, -0.2) is 51.0 Å². The van der Waals surface area contributed by atoms with E-state index in [9.17, 15) is 32.7 Å². The molecule has 158 valence electrons. The van der Waals surface area contributed by atoms with E-state index in [0.29, 0.717) is 36.7 Å². The minimum absolute atomic E-state index is 0.175. The van der Waals surface area contributed by atoms with E-state index in [1.807, 2.05) is 0 Å². The maximum Gasteiger partial charge on any atom is 0.274 e. The molecule has 2 N–H and O–H groups in total. The number of pyridine rings is 1. The first-order chi connectivity index (χ1) is 14.3. The monoisotopic (exact) mass is 439 g/mol. The van der Waals surface area contributed by atoms with Crippen LogP contribution in [0.3, 0.4) is 0 Å². The fourth-order valence-electron chi connectivity index (χ4n) is 3.58. The van der Waals surface area contributed by atoms with Gasteiger partial charge in [-0.2, -0.15) is 11.8 Å². The smallest absolute Gasteiger partial charge is 0.274 e. The van der Waals surface area contributed by atoms with Gasteiger partial charge >= 0.3 is 0 Å². The SMILES string of the molecule is O=C(NCc1c(F)cc(F)cc1F)c1cn2c(c(O)c1=O)C(=O)N1CCSCC2C1. The molecule has 4 rings (SSSR count). The quantitative estimate of drug-likeness (QED) is 0.759. The highest BCUT2D eigenvalue weighted by Gasteiger charge is 2.36. The third-order valence-corrected chi connectivity index (χ3v) is 6.21. The number of amides is 2. The number of nitrogens with zero attached hydrogens (tertiary/aromatic N) is 2. The number of rotatable bonds is 3. The van der Waals surface area contributed by atoms with Gasteiger partial charge in [0.25, 0.3) is 11.8 Å². The summed E-state index contributed by atoms with van der Waals surface area (Å²) in [6.07, 6.45) is 1.19. The molecule has 30 heavy (non-hydrogen) atoms. The van der Waals surface area contributed by atoms with E-state index >= 15 is 0 Å². The van der Waals surface area contributed by atoms with Gasteiger partial charge in [-0.05, 0) is 0 Å². The van der Waals surface area contributed by atoms with E-state index in [0.717, 1.165) is 0 Å². The zero-order valence-electron chi connectivity index (χ0n) is 15.5. The largest absolute Gasteiger partial charge is 0.503 e. The Morgan fingerprint density at radius 2 is 1.93 bits per heavy atom. The van der Waals surface area contributed by atoms with Crippen molar-refractivity contribution in [2.75, 3.05) is 24.6 Å². The van der Waals surface area contributed by atoms with E-state index < -0.39 is 58.1 Å². The molecule has 0 aliphatic carbocycles. The minimum atomic E-state index is -1.18. The molecular formula is C19H16F3N3O4S. The van der Waals surface area contributed by atoms with Gasteiger partial charge in [-0.1, -0.05) is 0 Å². The Bertz CT molecular complexity index is 1100. The van der Waals surface area contributed by atoms with Crippen molar-refractivity contribution in [3.05, 3.63) is 62.8 Å². The molecule has 7 nitrogen and oxygen atoms in total. The van der Waals surface area contributed by atoms with Gasteiger partial charge in [-0.3, -0.25) is 14.4 Å². The number of aromatic hydroxyl groups is 1. The maximum absolute atomic E-state index is 13.8. The first-order valence-corrected chi connectivity index (χ1v) is 10.2. The van der Waals surface area contributed by atoms with Crippen molar-refractivity contribution < 1.29 is 27.9 Å². The molecular weight excluding hydrogens is 423 g/mol. The van der Waals surface area contributed by atoms with Crippen LogP contribution in [0.15, 0.2) is 23.1 Å². The molecule has 1 fully saturated rings. The molecule has 2 aromatic rings. The number of nitrogens with one attached hydrogen (secondary N) is 1. The number of thioether (sulfide) groups is 1. The predicted octanol–water partition coefficient (Wildman–Crippen LogP) is 1.64. The molecule has 1 atom stereocenters. The molecule has 1 aromatic carbocycles. The average Bonchev–Trinajstić information content (AvgIpc) is 2.91. The summed E-state index contributed by atoms with van der Waals surface area (Å²) in [5.74, 6) is -4.45. The molecule has 2 aliphatic rings. The van der Waals surface area contributed by atoms with Gasteiger partial charge in [0.15, 0.2) is 11.4 Å². The van der Waals surface area contributed by atoms with Crippen molar-refractivity contribution in [2.24, 2.45) is 0 Å². The molecule has 2 amide bonds. The highest BCUT2D eigenvalue weighted by molar-refractivity contribution is 7.99. The summed E-state index contributed by atoms with van der Waals surface area (Å²) in [6, 6.07) is 0.714. The first kappa shape index (κ1) is 20.3. The Morgan fingerprint density at radius 3 is 2.63 bits per heavy atom. The highest BCUT2D eigenvalue weighted by Crippen LogP contribution is 2.31. The van der Waals surface area contributed by atoms with Crippen LogP contribution in [0.5, 0.6) is 5.75 Å². The Kier molecular flexibility index (Phi) is 5.22. The van der Waals surface area contributed by atoms with E-state index in [1.54, 1.807) is 16.7 Å². The van der Waals surface area contributed by atoms with Gasteiger partial charge in [-0.15, -0.1) is 0 Å². The van der Waals surface area contributed by atoms with Crippen molar-refractivity contribution in [1.29, 1.82) is 0 Å². The van der Waals surface area contributed by atoms with E-state index in [1.165, 1.54) is 10.8 Å². The maximum atomic E-state index is 13.8. The van der Waals surface area contributed by atoms with Crippen molar-refractivity contribution in [2.45, 2.75) is 12.6 Å². The standard InChI is InChI=1S/C19H16F3N3O4S/c20-9-3-13(21)11(14(22)4-9)5-23-18(28)12-7-25-10-6-24(1-2-30-8-10)19(29)15(25)17(27)16(12)26/h3-4,7,10,27H,1-2,5-6,8H2,(H,23,28). The van der Waals surface area contributed by atoms with Gasteiger partial charge in [0.1, 0.15) is 23.0 Å². The second-order valence-corrected chi connectivity index (χ2v) is 8.14. The number of hydrogen-bond donors (Lipinski definition) is 2. The number of benzene rings is 1. The second kappa shape index (κ2) is 7.71. The topological polar surface area (TPSA) is 91.6 Å². The number of carbonyl (C=O) groups is 2. The van der Waals surface area contributed by atoms with Crippen LogP contribution in [0, 0.1) is 17.5 Å². The Hall–Kier alpha value is -2.95. The molecule has 2 bridgehead atoms.